The summed E-state index contributed by atoms with van der Waals surface area (Å²) in [6.45, 7) is 4.20. The minimum Gasteiger partial charge on any atom is -0.383 e. The van der Waals surface area contributed by atoms with Crippen LogP contribution in [0, 0.1) is 6.92 Å². The molecule has 0 saturated carbocycles. The van der Waals surface area contributed by atoms with Crippen molar-refractivity contribution in [1.82, 2.24) is 14.3 Å². The van der Waals surface area contributed by atoms with Crippen LogP contribution in [0.25, 0.3) is 0 Å². The van der Waals surface area contributed by atoms with Crippen molar-refractivity contribution in [2.24, 2.45) is 0 Å². The number of rotatable bonds is 4. The first kappa shape index (κ1) is 13.0. The molecule has 1 aliphatic rings. The highest BCUT2D eigenvalue weighted by Crippen LogP contribution is 2.10. The van der Waals surface area contributed by atoms with Crippen LogP contribution in [0.15, 0.2) is 29.1 Å². The van der Waals surface area contributed by atoms with E-state index in [1.54, 1.807) is 4.68 Å². The number of benzene rings is 1. The molecule has 0 unspecified atom stereocenters. The fraction of sp³-hybridized carbons (Fsp3) is 0.467. The van der Waals surface area contributed by atoms with Crippen LogP contribution in [0.3, 0.4) is 0 Å². The number of aromatic nitrogens is 3. The lowest BCUT2D eigenvalue weighted by atomic mass is 10.2. The smallest absolute Gasteiger partial charge is 0.345 e. The molecule has 1 aliphatic heterocycles. The van der Waals surface area contributed by atoms with Crippen LogP contribution in [0.1, 0.15) is 24.2 Å². The van der Waals surface area contributed by atoms with Crippen molar-refractivity contribution in [1.29, 1.82) is 0 Å². The molecule has 0 spiro atoms. The highest BCUT2D eigenvalue weighted by atomic mass is 16.2. The molecule has 5 heteroatoms. The van der Waals surface area contributed by atoms with Gasteiger partial charge in [-0.2, -0.15) is 5.10 Å². The lowest BCUT2D eigenvalue weighted by Crippen LogP contribution is -2.28. The standard InChI is InChI=1S/C15H20N4O/c1-12-5-4-6-13(11-12)16-8-10-19-15(20)18-9-3-2-7-14(18)17-19/h4-6,11,16H,2-3,7-10H2,1H3. The summed E-state index contributed by atoms with van der Waals surface area (Å²) in [6, 6.07) is 8.23. The number of fused-ring (bicyclic) bond motifs is 1. The molecular formula is C15H20N4O. The molecule has 2 aromatic rings. The Hall–Kier alpha value is -2.04. The van der Waals surface area contributed by atoms with Crippen molar-refractivity contribution in [2.45, 2.75) is 39.3 Å². The van der Waals surface area contributed by atoms with Crippen LogP contribution in [0.2, 0.25) is 0 Å². The number of hydrogen-bond acceptors (Lipinski definition) is 3. The second-order valence-corrected chi connectivity index (χ2v) is 5.33. The van der Waals surface area contributed by atoms with Crippen molar-refractivity contribution in [3.05, 3.63) is 46.1 Å². The Morgan fingerprint density at radius 2 is 2.25 bits per heavy atom. The van der Waals surface area contributed by atoms with Gasteiger partial charge in [0.05, 0.1) is 6.54 Å². The van der Waals surface area contributed by atoms with Gasteiger partial charge in [0.2, 0.25) is 0 Å². The second-order valence-electron chi connectivity index (χ2n) is 5.33. The molecule has 0 radical (unpaired) electrons. The SMILES string of the molecule is Cc1cccc(NCCn2nc3n(c2=O)CCCC3)c1. The molecule has 2 heterocycles. The average Bonchev–Trinajstić information content (AvgIpc) is 2.76. The van der Waals surface area contributed by atoms with Crippen molar-refractivity contribution in [3.63, 3.8) is 0 Å². The highest BCUT2D eigenvalue weighted by molar-refractivity contribution is 5.45. The van der Waals surface area contributed by atoms with Gasteiger partial charge in [0.1, 0.15) is 5.82 Å². The van der Waals surface area contributed by atoms with Crippen LogP contribution in [-0.2, 0) is 19.5 Å². The minimum atomic E-state index is 0.0331. The Morgan fingerprint density at radius 1 is 1.35 bits per heavy atom. The van der Waals surface area contributed by atoms with Crippen LogP contribution in [-0.4, -0.2) is 20.9 Å². The number of hydrogen-bond donors (Lipinski definition) is 1. The molecule has 1 aromatic heterocycles. The fourth-order valence-electron chi connectivity index (χ4n) is 2.66. The summed E-state index contributed by atoms with van der Waals surface area (Å²) in [4.78, 5) is 12.1. The van der Waals surface area contributed by atoms with E-state index in [1.165, 1.54) is 5.56 Å². The summed E-state index contributed by atoms with van der Waals surface area (Å²) < 4.78 is 3.40. The predicted molar refractivity (Wildman–Crippen MR) is 79.1 cm³/mol. The van der Waals surface area contributed by atoms with E-state index in [9.17, 15) is 4.79 Å². The van der Waals surface area contributed by atoms with E-state index in [2.05, 4.69) is 29.5 Å². The zero-order chi connectivity index (χ0) is 13.9. The third kappa shape index (κ3) is 2.61. The number of nitrogens with zero attached hydrogens (tertiary/aromatic N) is 3. The molecule has 0 atom stereocenters. The van der Waals surface area contributed by atoms with Crippen molar-refractivity contribution in [3.8, 4) is 0 Å². The maximum atomic E-state index is 12.1. The van der Waals surface area contributed by atoms with E-state index in [4.69, 9.17) is 0 Å². The molecule has 5 nitrogen and oxygen atoms in total. The number of aryl methyl sites for hydroxylation is 2. The number of nitrogens with one attached hydrogen (secondary N) is 1. The zero-order valence-electron chi connectivity index (χ0n) is 11.8. The van der Waals surface area contributed by atoms with E-state index < -0.39 is 0 Å². The summed E-state index contributed by atoms with van der Waals surface area (Å²) >= 11 is 0. The Labute approximate surface area is 118 Å². The third-order valence-corrected chi connectivity index (χ3v) is 3.70. The lowest BCUT2D eigenvalue weighted by molar-refractivity contribution is 0.511. The van der Waals surface area contributed by atoms with Gasteiger partial charge in [-0.25, -0.2) is 9.48 Å². The van der Waals surface area contributed by atoms with Gasteiger partial charge in [-0.1, -0.05) is 12.1 Å². The first-order valence-corrected chi connectivity index (χ1v) is 7.21. The summed E-state index contributed by atoms with van der Waals surface area (Å²) in [5, 5.41) is 7.76. The molecule has 1 N–H and O–H groups in total. The quantitative estimate of drug-likeness (QED) is 0.923. The van der Waals surface area contributed by atoms with Gasteiger partial charge in [-0.15, -0.1) is 0 Å². The topological polar surface area (TPSA) is 51.9 Å². The van der Waals surface area contributed by atoms with E-state index in [0.717, 1.165) is 37.3 Å². The van der Waals surface area contributed by atoms with Crippen LogP contribution in [0.5, 0.6) is 0 Å². The van der Waals surface area contributed by atoms with Gasteiger partial charge < -0.3 is 5.32 Å². The molecule has 0 saturated heterocycles. The van der Waals surface area contributed by atoms with Crippen LogP contribution < -0.4 is 11.0 Å². The molecule has 0 bridgehead atoms. The van der Waals surface area contributed by atoms with Crippen molar-refractivity contribution >= 4 is 5.69 Å². The van der Waals surface area contributed by atoms with Gasteiger partial charge in [-0.3, -0.25) is 4.57 Å². The van der Waals surface area contributed by atoms with E-state index >= 15 is 0 Å². The van der Waals surface area contributed by atoms with E-state index in [-0.39, 0.29) is 5.69 Å². The Balaban J connectivity index is 1.64. The largest absolute Gasteiger partial charge is 0.383 e. The summed E-state index contributed by atoms with van der Waals surface area (Å²) in [6.07, 6.45) is 3.14. The first-order valence-electron chi connectivity index (χ1n) is 7.21. The summed E-state index contributed by atoms with van der Waals surface area (Å²) in [7, 11) is 0. The molecule has 3 rings (SSSR count). The average molecular weight is 272 g/mol. The van der Waals surface area contributed by atoms with Crippen LogP contribution >= 0.6 is 0 Å². The second kappa shape index (κ2) is 5.53. The molecule has 0 amide bonds. The molecule has 0 fully saturated rings. The monoisotopic (exact) mass is 272 g/mol. The van der Waals surface area contributed by atoms with Crippen molar-refractivity contribution < 1.29 is 0 Å². The van der Waals surface area contributed by atoms with E-state index in [1.807, 2.05) is 16.7 Å². The molecule has 1 aromatic carbocycles. The fourth-order valence-corrected chi connectivity index (χ4v) is 2.66. The lowest BCUT2D eigenvalue weighted by Gasteiger charge is -2.09. The normalized spacial score (nSPS) is 14.1. The van der Waals surface area contributed by atoms with Gasteiger partial charge in [0, 0.05) is 25.2 Å². The molecular weight excluding hydrogens is 252 g/mol. The highest BCUT2D eigenvalue weighted by Gasteiger charge is 2.15. The zero-order valence-corrected chi connectivity index (χ0v) is 11.8. The van der Waals surface area contributed by atoms with Crippen LogP contribution in [0.4, 0.5) is 5.69 Å². The minimum absolute atomic E-state index is 0.0331. The third-order valence-electron chi connectivity index (χ3n) is 3.70. The molecule has 0 aliphatic carbocycles. The maximum Gasteiger partial charge on any atom is 0.345 e. The van der Waals surface area contributed by atoms with Gasteiger partial charge in [0.15, 0.2) is 0 Å². The molecule has 20 heavy (non-hydrogen) atoms. The Bertz CT molecular complexity index is 656. The maximum absolute atomic E-state index is 12.1. The van der Waals surface area contributed by atoms with Gasteiger partial charge >= 0.3 is 5.69 Å². The van der Waals surface area contributed by atoms with Gasteiger partial charge in [-0.05, 0) is 37.5 Å². The van der Waals surface area contributed by atoms with Crippen molar-refractivity contribution in [2.75, 3.05) is 11.9 Å². The summed E-state index contributed by atoms with van der Waals surface area (Å²) in [5.74, 6) is 0.941. The van der Waals surface area contributed by atoms with Gasteiger partial charge in [0.25, 0.3) is 0 Å². The first-order chi connectivity index (χ1) is 9.74. The Kier molecular flexibility index (Phi) is 3.58. The predicted octanol–water partition coefficient (Wildman–Crippen LogP) is 1.80. The Morgan fingerprint density at radius 3 is 3.05 bits per heavy atom. The number of anilines is 1. The molecule has 106 valence electrons. The summed E-state index contributed by atoms with van der Waals surface area (Å²) in [5.41, 5.74) is 2.34. The van der Waals surface area contributed by atoms with E-state index in [0.29, 0.717) is 13.1 Å².